The molecule has 0 unspecified atom stereocenters. The maximum Gasteiger partial charge on any atom is 0.232 e. The van der Waals surface area contributed by atoms with Crippen LogP contribution in [0.5, 0.6) is 0 Å². The zero-order valence-electron chi connectivity index (χ0n) is 15.8. The average molecular weight is 393 g/mol. The summed E-state index contributed by atoms with van der Waals surface area (Å²) < 4.78 is 5.44. The van der Waals surface area contributed by atoms with Gasteiger partial charge >= 0.3 is 0 Å². The lowest BCUT2D eigenvalue weighted by Crippen LogP contribution is -2.39. The largest absolute Gasteiger partial charge is 0.381 e. The van der Waals surface area contributed by atoms with Gasteiger partial charge in [-0.25, -0.2) is 4.98 Å². The molecule has 3 aromatic rings. The molecule has 5 heteroatoms. The Hall–Kier alpha value is -2.50. The molecule has 0 spiro atoms. The van der Waals surface area contributed by atoms with E-state index in [1.165, 1.54) is 5.56 Å². The summed E-state index contributed by atoms with van der Waals surface area (Å²) in [5.74, 6) is 0.196. The highest BCUT2D eigenvalue weighted by Gasteiger charge is 2.28. The van der Waals surface area contributed by atoms with Gasteiger partial charge in [-0.2, -0.15) is 0 Å². The molecule has 0 N–H and O–H groups in total. The number of ether oxygens (including phenoxy) is 1. The fourth-order valence-corrected chi connectivity index (χ4v) is 4.35. The summed E-state index contributed by atoms with van der Waals surface area (Å²) in [7, 11) is 0. The summed E-state index contributed by atoms with van der Waals surface area (Å²) in [5, 5.41) is 2.82. The Kier molecular flexibility index (Phi) is 6.14. The van der Waals surface area contributed by atoms with Crippen molar-refractivity contribution in [2.24, 2.45) is 5.92 Å². The van der Waals surface area contributed by atoms with Crippen LogP contribution in [0.25, 0.3) is 11.3 Å². The maximum atomic E-state index is 13.3. The quantitative estimate of drug-likeness (QED) is 0.604. The van der Waals surface area contributed by atoms with E-state index in [1.807, 2.05) is 58.8 Å². The number of thiazole rings is 1. The molecule has 0 bridgehead atoms. The summed E-state index contributed by atoms with van der Waals surface area (Å²) in [6.45, 7) is 1.97. The minimum atomic E-state index is 0.0219. The summed E-state index contributed by atoms with van der Waals surface area (Å²) in [5.41, 5.74) is 3.23. The standard InChI is InChI=1S/C23H24N2O2S/c26-22(20-12-15-27-16-13-20)25(14-11-18-7-3-1-4-8-18)23-24-21(17-28-23)19-9-5-2-6-10-19/h1-10,17,20H,11-16H2. The van der Waals surface area contributed by atoms with Gasteiger partial charge in [-0.3, -0.25) is 9.69 Å². The molecule has 0 aliphatic carbocycles. The number of carbonyl (C=O) groups is 1. The van der Waals surface area contributed by atoms with Crippen molar-refractivity contribution in [1.29, 1.82) is 0 Å². The number of hydrogen-bond acceptors (Lipinski definition) is 4. The SMILES string of the molecule is O=C(C1CCOCC1)N(CCc1ccccc1)c1nc(-c2ccccc2)cs1. The summed E-state index contributed by atoms with van der Waals surface area (Å²) in [6.07, 6.45) is 2.39. The minimum absolute atomic E-state index is 0.0219. The van der Waals surface area contributed by atoms with E-state index in [9.17, 15) is 4.79 Å². The molecule has 1 saturated heterocycles. The first kappa shape index (κ1) is 18.8. The van der Waals surface area contributed by atoms with Gasteiger partial charge < -0.3 is 4.74 Å². The average Bonchev–Trinajstić information content (AvgIpc) is 3.26. The van der Waals surface area contributed by atoms with Crippen LogP contribution in [0.4, 0.5) is 5.13 Å². The van der Waals surface area contributed by atoms with Gasteiger partial charge in [-0.1, -0.05) is 60.7 Å². The predicted molar refractivity (Wildman–Crippen MR) is 114 cm³/mol. The maximum absolute atomic E-state index is 13.3. The molecule has 0 atom stereocenters. The second-order valence-corrected chi connectivity index (χ2v) is 7.83. The number of rotatable bonds is 6. The van der Waals surface area contributed by atoms with Crippen molar-refractivity contribution in [3.05, 3.63) is 71.6 Å². The number of nitrogens with zero attached hydrogens (tertiary/aromatic N) is 2. The van der Waals surface area contributed by atoms with Gasteiger partial charge in [0, 0.05) is 36.6 Å². The molecule has 4 nitrogen and oxygen atoms in total. The zero-order chi connectivity index (χ0) is 19.2. The lowest BCUT2D eigenvalue weighted by atomic mass is 9.98. The van der Waals surface area contributed by atoms with Crippen molar-refractivity contribution >= 4 is 22.4 Å². The van der Waals surface area contributed by atoms with Crippen LogP contribution in [-0.2, 0) is 16.0 Å². The van der Waals surface area contributed by atoms with Gasteiger partial charge in [0.25, 0.3) is 0 Å². The third kappa shape index (κ3) is 4.49. The van der Waals surface area contributed by atoms with Crippen LogP contribution in [0.1, 0.15) is 18.4 Å². The van der Waals surface area contributed by atoms with Gasteiger partial charge in [0.1, 0.15) is 0 Å². The Balaban J connectivity index is 1.57. The molecular formula is C23H24N2O2S. The molecule has 4 rings (SSSR count). The Bertz CT molecular complexity index is 889. The third-order valence-electron chi connectivity index (χ3n) is 5.10. The van der Waals surface area contributed by atoms with E-state index in [0.29, 0.717) is 19.8 Å². The van der Waals surface area contributed by atoms with E-state index in [1.54, 1.807) is 11.3 Å². The number of amides is 1. The van der Waals surface area contributed by atoms with E-state index in [0.717, 1.165) is 35.7 Å². The molecular weight excluding hydrogens is 368 g/mol. The van der Waals surface area contributed by atoms with Crippen LogP contribution in [-0.4, -0.2) is 30.6 Å². The number of carbonyl (C=O) groups excluding carboxylic acids is 1. The monoisotopic (exact) mass is 392 g/mol. The molecule has 1 fully saturated rings. The first-order valence-electron chi connectivity index (χ1n) is 9.75. The lowest BCUT2D eigenvalue weighted by molar-refractivity contribution is -0.125. The molecule has 1 aromatic heterocycles. The highest BCUT2D eigenvalue weighted by Crippen LogP contribution is 2.30. The topological polar surface area (TPSA) is 42.4 Å². The second kappa shape index (κ2) is 9.13. The highest BCUT2D eigenvalue weighted by molar-refractivity contribution is 7.14. The third-order valence-corrected chi connectivity index (χ3v) is 5.96. The molecule has 0 saturated carbocycles. The van der Waals surface area contributed by atoms with E-state index in [-0.39, 0.29) is 11.8 Å². The summed E-state index contributed by atoms with van der Waals surface area (Å²) >= 11 is 1.54. The van der Waals surface area contributed by atoms with Crippen LogP contribution >= 0.6 is 11.3 Å². The van der Waals surface area contributed by atoms with Crippen molar-refractivity contribution in [2.75, 3.05) is 24.7 Å². The lowest BCUT2D eigenvalue weighted by Gasteiger charge is -2.27. The van der Waals surface area contributed by atoms with E-state index in [4.69, 9.17) is 9.72 Å². The Morgan fingerprint density at radius 1 is 1.04 bits per heavy atom. The normalized spacial score (nSPS) is 14.7. The van der Waals surface area contributed by atoms with E-state index in [2.05, 4.69) is 12.1 Å². The Morgan fingerprint density at radius 2 is 1.71 bits per heavy atom. The number of hydrogen-bond donors (Lipinski definition) is 0. The summed E-state index contributed by atoms with van der Waals surface area (Å²) in [6, 6.07) is 20.4. The smallest absolute Gasteiger partial charge is 0.232 e. The van der Waals surface area contributed by atoms with Gasteiger partial charge in [0.15, 0.2) is 5.13 Å². The van der Waals surface area contributed by atoms with Crippen LogP contribution in [0.2, 0.25) is 0 Å². The molecule has 1 amide bonds. The molecule has 2 heterocycles. The first-order chi connectivity index (χ1) is 13.8. The minimum Gasteiger partial charge on any atom is -0.381 e. The molecule has 0 radical (unpaired) electrons. The molecule has 28 heavy (non-hydrogen) atoms. The Labute approximate surface area is 169 Å². The van der Waals surface area contributed by atoms with Crippen molar-refractivity contribution < 1.29 is 9.53 Å². The van der Waals surface area contributed by atoms with Crippen molar-refractivity contribution in [3.63, 3.8) is 0 Å². The summed E-state index contributed by atoms with van der Waals surface area (Å²) in [4.78, 5) is 20.0. The van der Waals surface area contributed by atoms with Crippen LogP contribution in [0, 0.1) is 5.92 Å². The Morgan fingerprint density at radius 3 is 2.43 bits per heavy atom. The van der Waals surface area contributed by atoms with Crippen molar-refractivity contribution in [1.82, 2.24) is 4.98 Å². The van der Waals surface area contributed by atoms with Crippen molar-refractivity contribution in [3.8, 4) is 11.3 Å². The van der Waals surface area contributed by atoms with E-state index < -0.39 is 0 Å². The van der Waals surface area contributed by atoms with Crippen LogP contribution < -0.4 is 4.90 Å². The zero-order valence-corrected chi connectivity index (χ0v) is 16.6. The highest BCUT2D eigenvalue weighted by atomic mass is 32.1. The first-order valence-corrected chi connectivity index (χ1v) is 10.6. The van der Waals surface area contributed by atoms with E-state index >= 15 is 0 Å². The van der Waals surface area contributed by atoms with Crippen molar-refractivity contribution in [2.45, 2.75) is 19.3 Å². The fraction of sp³-hybridized carbons (Fsp3) is 0.304. The van der Waals surface area contributed by atoms with Gasteiger partial charge in [-0.05, 0) is 24.8 Å². The predicted octanol–water partition coefficient (Wildman–Crippen LogP) is 4.81. The van der Waals surface area contributed by atoms with Crippen LogP contribution in [0.15, 0.2) is 66.0 Å². The molecule has 2 aromatic carbocycles. The molecule has 1 aliphatic heterocycles. The van der Waals surface area contributed by atoms with Gasteiger partial charge in [0.05, 0.1) is 5.69 Å². The molecule has 1 aliphatic rings. The number of aromatic nitrogens is 1. The second-order valence-electron chi connectivity index (χ2n) is 6.99. The number of anilines is 1. The van der Waals surface area contributed by atoms with Crippen LogP contribution in [0.3, 0.4) is 0 Å². The van der Waals surface area contributed by atoms with Gasteiger partial charge in [0.2, 0.25) is 5.91 Å². The van der Waals surface area contributed by atoms with Gasteiger partial charge in [-0.15, -0.1) is 11.3 Å². The fourth-order valence-electron chi connectivity index (χ4n) is 3.48. The number of benzene rings is 2. The molecule has 144 valence electrons.